The summed E-state index contributed by atoms with van der Waals surface area (Å²) in [6.07, 6.45) is 1.18. The van der Waals surface area contributed by atoms with Gasteiger partial charge in [0.1, 0.15) is 23.1 Å². The van der Waals surface area contributed by atoms with Gasteiger partial charge in [-0.05, 0) is 24.3 Å². The van der Waals surface area contributed by atoms with Crippen LogP contribution in [-0.2, 0) is 4.79 Å². The van der Waals surface area contributed by atoms with E-state index in [4.69, 9.17) is 21.6 Å². The molecule has 0 aliphatic carbocycles. The molecule has 0 fully saturated rings. The number of nitrogens with one attached hydrogen (secondary N) is 2. The number of nitro benzene ring substituents is 1. The highest BCUT2D eigenvalue weighted by molar-refractivity contribution is 6.32. The number of benzene rings is 2. The first-order valence-corrected chi connectivity index (χ1v) is 7.59. The average molecular weight is 373 g/mol. The quantitative estimate of drug-likeness (QED) is 0.345. The predicted octanol–water partition coefficient (Wildman–Crippen LogP) is 3.71. The Morgan fingerprint density at radius 2 is 2.08 bits per heavy atom. The minimum absolute atomic E-state index is 0.00357. The van der Waals surface area contributed by atoms with E-state index in [2.05, 4.69) is 10.6 Å². The second-order valence-corrected chi connectivity index (χ2v) is 5.30. The molecular weight excluding hydrogens is 360 g/mol. The minimum atomic E-state index is -0.783. The van der Waals surface area contributed by atoms with E-state index in [0.717, 1.165) is 0 Å². The number of methoxy groups -OCH3 is 1. The molecule has 0 saturated heterocycles. The molecule has 2 rings (SSSR count). The largest absolute Gasteiger partial charge is 0.495 e. The standard InChI is InChI=1S/C17H13ClN4O4/c1-26-16-7-6-12(8-13(16)18)20-10-11(9-19)17(23)21-14-4-2-3-5-15(14)22(24)25/h2-8,10,20H,1H3,(H,21,23)/b11-10-. The van der Waals surface area contributed by atoms with Crippen molar-refractivity contribution < 1.29 is 14.5 Å². The second kappa shape index (κ2) is 8.50. The molecular formula is C17H13ClN4O4. The van der Waals surface area contributed by atoms with Crippen LogP contribution >= 0.6 is 11.6 Å². The van der Waals surface area contributed by atoms with Crippen LogP contribution in [-0.4, -0.2) is 17.9 Å². The lowest BCUT2D eigenvalue weighted by Gasteiger charge is -2.07. The van der Waals surface area contributed by atoms with Gasteiger partial charge in [-0.1, -0.05) is 23.7 Å². The number of para-hydroxylation sites is 2. The average Bonchev–Trinajstić information content (AvgIpc) is 2.62. The first-order chi connectivity index (χ1) is 12.5. The van der Waals surface area contributed by atoms with E-state index in [0.29, 0.717) is 16.5 Å². The number of anilines is 2. The highest BCUT2D eigenvalue weighted by atomic mass is 35.5. The van der Waals surface area contributed by atoms with E-state index in [9.17, 15) is 14.9 Å². The fourth-order valence-electron chi connectivity index (χ4n) is 1.99. The number of halogens is 1. The molecule has 0 aromatic heterocycles. The maximum absolute atomic E-state index is 12.2. The van der Waals surface area contributed by atoms with Gasteiger partial charge in [-0.25, -0.2) is 0 Å². The van der Waals surface area contributed by atoms with Crippen molar-refractivity contribution in [3.05, 3.63) is 69.4 Å². The van der Waals surface area contributed by atoms with Crippen molar-refractivity contribution in [1.29, 1.82) is 5.26 Å². The van der Waals surface area contributed by atoms with E-state index in [-0.39, 0.29) is 16.9 Å². The van der Waals surface area contributed by atoms with Crippen molar-refractivity contribution in [3.8, 4) is 11.8 Å². The summed E-state index contributed by atoms with van der Waals surface area (Å²) in [4.78, 5) is 22.6. The highest BCUT2D eigenvalue weighted by Gasteiger charge is 2.17. The number of rotatable bonds is 6. The summed E-state index contributed by atoms with van der Waals surface area (Å²) in [6.45, 7) is 0. The van der Waals surface area contributed by atoms with Crippen LogP contribution < -0.4 is 15.4 Å². The zero-order valence-electron chi connectivity index (χ0n) is 13.5. The molecule has 0 heterocycles. The number of amides is 1. The van der Waals surface area contributed by atoms with Gasteiger partial charge in [0.05, 0.1) is 17.1 Å². The van der Waals surface area contributed by atoms with Crippen LogP contribution in [0.4, 0.5) is 17.1 Å². The number of ether oxygens (including phenoxy) is 1. The van der Waals surface area contributed by atoms with Crippen LogP contribution in [0.2, 0.25) is 5.02 Å². The second-order valence-electron chi connectivity index (χ2n) is 4.89. The number of carbonyl (C=O) groups excluding carboxylic acids is 1. The number of carbonyl (C=O) groups is 1. The van der Waals surface area contributed by atoms with Crippen LogP contribution in [0.1, 0.15) is 0 Å². The number of hydrogen-bond donors (Lipinski definition) is 2. The van der Waals surface area contributed by atoms with Crippen molar-refractivity contribution in [3.63, 3.8) is 0 Å². The zero-order valence-corrected chi connectivity index (χ0v) is 14.3. The Hall–Kier alpha value is -3.57. The molecule has 2 aromatic carbocycles. The molecule has 0 aliphatic heterocycles. The monoisotopic (exact) mass is 372 g/mol. The highest BCUT2D eigenvalue weighted by Crippen LogP contribution is 2.27. The summed E-state index contributed by atoms with van der Waals surface area (Å²) >= 11 is 6.00. The first kappa shape index (κ1) is 18.8. The number of nitro groups is 1. The van der Waals surface area contributed by atoms with Crippen molar-refractivity contribution in [2.45, 2.75) is 0 Å². The molecule has 0 saturated carbocycles. The third-order valence-corrected chi connectivity index (χ3v) is 3.54. The van der Waals surface area contributed by atoms with Crippen LogP contribution in [0, 0.1) is 21.4 Å². The molecule has 0 aliphatic rings. The molecule has 2 N–H and O–H groups in total. The van der Waals surface area contributed by atoms with E-state index in [1.54, 1.807) is 24.3 Å². The van der Waals surface area contributed by atoms with Gasteiger partial charge >= 0.3 is 0 Å². The summed E-state index contributed by atoms with van der Waals surface area (Å²) in [5.74, 6) is -0.301. The van der Waals surface area contributed by atoms with Crippen LogP contribution in [0.5, 0.6) is 5.75 Å². The van der Waals surface area contributed by atoms with Gasteiger partial charge < -0.3 is 15.4 Å². The van der Waals surface area contributed by atoms with E-state index >= 15 is 0 Å². The van der Waals surface area contributed by atoms with E-state index < -0.39 is 10.8 Å². The summed E-state index contributed by atoms with van der Waals surface area (Å²) in [5, 5.41) is 25.6. The summed E-state index contributed by atoms with van der Waals surface area (Å²) in [5.41, 5.74) is -0.0127. The molecule has 2 aromatic rings. The fourth-order valence-corrected chi connectivity index (χ4v) is 2.25. The van der Waals surface area contributed by atoms with Crippen molar-refractivity contribution in [2.24, 2.45) is 0 Å². The van der Waals surface area contributed by atoms with Crippen molar-refractivity contribution >= 4 is 34.6 Å². The fraction of sp³-hybridized carbons (Fsp3) is 0.0588. The van der Waals surface area contributed by atoms with Crippen LogP contribution in [0.15, 0.2) is 54.2 Å². The first-order valence-electron chi connectivity index (χ1n) is 7.21. The lowest BCUT2D eigenvalue weighted by atomic mass is 10.2. The van der Waals surface area contributed by atoms with Crippen molar-refractivity contribution in [2.75, 3.05) is 17.7 Å². The Labute approximate surface area is 153 Å². The lowest BCUT2D eigenvalue weighted by molar-refractivity contribution is -0.383. The molecule has 0 spiro atoms. The molecule has 1 amide bonds. The van der Waals surface area contributed by atoms with Crippen LogP contribution in [0.3, 0.4) is 0 Å². The summed E-state index contributed by atoms with van der Waals surface area (Å²) in [6, 6.07) is 12.2. The smallest absolute Gasteiger partial charge is 0.292 e. The van der Waals surface area contributed by atoms with Gasteiger partial charge in [0.2, 0.25) is 0 Å². The number of hydrogen-bond acceptors (Lipinski definition) is 6. The van der Waals surface area contributed by atoms with Gasteiger partial charge in [0.15, 0.2) is 0 Å². The minimum Gasteiger partial charge on any atom is -0.495 e. The summed E-state index contributed by atoms with van der Waals surface area (Å²) in [7, 11) is 1.48. The molecule has 8 nitrogen and oxygen atoms in total. The molecule has 0 unspecified atom stereocenters. The third-order valence-electron chi connectivity index (χ3n) is 3.25. The third kappa shape index (κ3) is 4.49. The Morgan fingerprint density at radius 3 is 2.69 bits per heavy atom. The zero-order chi connectivity index (χ0) is 19.1. The molecule has 9 heteroatoms. The SMILES string of the molecule is COc1ccc(N/C=C(/C#N)C(=O)Nc2ccccc2[N+](=O)[O-])cc1Cl. The Kier molecular flexibility index (Phi) is 6.14. The molecule has 0 atom stereocenters. The van der Waals surface area contributed by atoms with Gasteiger partial charge in [-0.3, -0.25) is 14.9 Å². The Bertz CT molecular complexity index is 921. The lowest BCUT2D eigenvalue weighted by Crippen LogP contribution is -2.15. The summed E-state index contributed by atoms with van der Waals surface area (Å²) < 4.78 is 5.04. The molecule has 132 valence electrons. The van der Waals surface area contributed by atoms with Gasteiger partial charge in [-0.2, -0.15) is 5.26 Å². The normalized spacial score (nSPS) is 10.6. The van der Waals surface area contributed by atoms with E-state index in [1.807, 2.05) is 0 Å². The van der Waals surface area contributed by atoms with E-state index in [1.165, 1.54) is 37.6 Å². The van der Waals surface area contributed by atoms with Gasteiger partial charge in [-0.15, -0.1) is 0 Å². The number of nitriles is 1. The topological polar surface area (TPSA) is 117 Å². The van der Waals surface area contributed by atoms with Crippen molar-refractivity contribution in [1.82, 2.24) is 0 Å². The van der Waals surface area contributed by atoms with Crippen LogP contribution in [0.25, 0.3) is 0 Å². The maximum atomic E-state index is 12.2. The van der Waals surface area contributed by atoms with Gasteiger partial charge in [0.25, 0.3) is 11.6 Å². The number of nitrogens with zero attached hydrogens (tertiary/aromatic N) is 2. The van der Waals surface area contributed by atoms with Gasteiger partial charge in [0, 0.05) is 18.0 Å². The Balaban J connectivity index is 2.16. The molecule has 0 radical (unpaired) electrons. The predicted molar refractivity (Wildman–Crippen MR) is 97.0 cm³/mol. The Morgan fingerprint density at radius 1 is 1.35 bits per heavy atom. The maximum Gasteiger partial charge on any atom is 0.292 e. The molecule has 26 heavy (non-hydrogen) atoms. The molecule has 0 bridgehead atoms.